The summed E-state index contributed by atoms with van der Waals surface area (Å²) >= 11 is 0.744. The van der Waals surface area contributed by atoms with Gasteiger partial charge in [-0.15, -0.1) is 0 Å². The van der Waals surface area contributed by atoms with E-state index in [1.165, 1.54) is 6.08 Å². The van der Waals surface area contributed by atoms with Crippen LogP contribution in [0, 0.1) is 13.8 Å². The van der Waals surface area contributed by atoms with Crippen LogP contribution in [0.5, 0.6) is 11.5 Å². The predicted molar refractivity (Wildman–Crippen MR) is 142 cm³/mol. The Hall–Kier alpha value is -3.79. The van der Waals surface area contributed by atoms with Gasteiger partial charge in [-0.05, 0) is 87.3 Å². The molecule has 1 fully saturated rings. The van der Waals surface area contributed by atoms with Gasteiger partial charge >= 0.3 is 5.97 Å². The van der Waals surface area contributed by atoms with E-state index >= 15 is 0 Å². The smallest absolute Gasteiger partial charge is 0.326 e. The van der Waals surface area contributed by atoms with Crippen molar-refractivity contribution in [2.45, 2.75) is 40.7 Å². The molecule has 2 aromatic carbocycles. The largest absolute Gasteiger partial charge is 0.490 e. The number of thioether (sulfide) groups is 1. The maximum absolute atomic E-state index is 12.7. The fraction of sp³-hybridized carbons (Fsp3) is 0.333. The van der Waals surface area contributed by atoms with Gasteiger partial charge in [0, 0.05) is 5.69 Å². The average Bonchev–Trinajstić information content (AvgIpc) is 3.08. The average molecular weight is 527 g/mol. The third kappa shape index (κ3) is 7.36. The van der Waals surface area contributed by atoms with Crippen molar-refractivity contribution in [2.24, 2.45) is 0 Å². The molecule has 0 atom stereocenters. The molecule has 10 heteroatoms. The fourth-order valence-corrected chi connectivity index (χ4v) is 4.27. The van der Waals surface area contributed by atoms with Crippen LogP contribution in [0.1, 0.15) is 37.5 Å². The van der Waals surface area contributed by atoms with Crippen LogP contribution in [0.3, 0.4) is 0 Å². The second-order valence-electron chi connectivity index (χ2n) is 8.53. The number of carbonyl (C=O) groups excluding carboxylic acids is 4. The molecule has 0 aromatic heterocycles. The molecular formula is C27H30N2O7S. The summed E-state index contributed by atoms with van der Waals surface area (Å²) < 4.78 is 16.4. The Morgan fingerprint density at radius 1 is 1.08 bits per heavy atom. The van der Waals surface area contributed by atoms with E-state index in [0.29, 0.717) is 23.7 Å². The lowest BCUT2D eigenvalue weighted by molar-refractivity contribution is -0.149. The van der Waals surface area contributed by atoms with Crippen LogP contribution in [0.2, 0.25) is 0 Å². The molecule has 9 nitrogen and oxygen atoms in total. The molecule has 2 aromatic rings. The second kappa shape index (κ2) is 12.4. The van der Waals surface area contributed by atoms with Gasteiger partial charge in [-0.3, -0.25) is 24.1 Å². The number of nitrogens with zero attached hydrogens (tertiary/aromatic N) is 1. The lowest BCUT2D eigenvalue weighted by Gasteiger charge is -2.14. The van der Waals surface area contributed by atoms with E-state index in [1.807, 2.05) is 39.0 Å². The van der Waals surface area contributed by atoms with Gasteiger partial charge in [-0.1, -0.05) is 18.2 Å². The normalized spacial score (nSPS) is 14.3. The van der Waals surface area contributed by atoms with Gasteiger partial charge in [0.15, 0.2) is 18.1 Å². The molecule has 0 aliphatic carbocycles. The molecule has 0 spiro atoms. The van der Waals surface area contributed by atoms with Gasteiger partial charge in [0.05, 0.1) is 17.6 Å². The summed E-state index contributed by atoms with van der Waals surface area (Å²) in [5.41, 5.74) is 3.36. The van der Waals surface area contributed by atoms with Crippen LogP contribution in [-0.4, -0.2) is 53.8 Å². The molecule has 196 valence electrons. The number of nitrogens with one attached hydrogen (secondary N) is 1. The number of aryl methyl sites for hydroxylation is 1. The number of benzene rings is 2. The molecule has 0 unspecified atom stereocenters. The van der Waals surface area contributed by atoms with E-state index in [4.69, 9.17) is 14.2 Å². The first-order valence-electron chi connectivity index (χ1n) is 11.8. The molecule has 0 saturated carbocycles. The molecule has 3 rings (SSSR count). The van der Waals surface area contributed by atoms with E-state index < -0.39 is 23.7 Å². The van der Waals surface area contributed by atoms with Gasteiger partial charge < -0.3 is 19.5 Å². The van der Waals surface area contributed by atoms with Crippen molar-refractivity contribution < 1.29 is 33.4 Å². The van der Waals surface area contributed by atoms with Crippen molar-refractivity contribution in [2.75, 3.05) is 25.1 Å². The summed E-state index contributed by atoms with van der Waals surface area (Å²) in [6.45, 7) is 8.77. The monoisotopic (exact) mass is 526 g/mol. The number of carbonyl (C=O) groups is 4. The predicted octanol–water partition coefficient (Wildman–Crippen LogP) is 4.71. The van der Waals surface area contributed by atoms with Gasteiger partial charge in [-0.25, -0.2) is 0 Å². The number of ether oxygens (including phenoxy) is 3. The lowest BCUT2D eigenvalue weighted by atomic mass is 10.1. The molecular weight excluding hydrogens is 496 g/mol. The topological polar surface area (TPSA) is 111 Å². The highest BCUT2D eigenvalue weighted by Gasteiger charge is 2.36. The van der Waals surface area contributed by atoms with Crippen LogP contribution in [0.4, 0.5) is 10.5 Å². The zero-order valence-corrected chi connectivity index (χ0v) is 22.3. The number of amides is 3. The fourth-order valence-electron chi connectivity index (χ4n) is 3.44. The third-order valence-corrected chi connectivity index (χ3v) is 6.24. The van der Waals surface area contributed by atoms with E-state index in [9.17, 15) is 19.2 Å². The summed E-state index contributed by atoms with van der Waals surface area (Å²) in [6.07, 6.45) is 1.19. The summed E-state index contributed by atoms with van der Waals surface area (Å²) in [5, 5.41) is 2.30. The number of imide groups is 1. The van der Waals surface area contributed by atoms with Crippen LogP contribution in [-0.2, 0) is 19.1 Å². The molecule has 3 amide bonds. The maximum atomic E-state index is 12.7. The maximum Gasteiger partial charge on any atom is 0.326 e. The highest BCUT2D eigenvalue weighted by Crippen LogP contribution is 2.34. The van der Waals surface area contributed by atoms with E-state index in [1.54, 1.807) is 32.0 Å². The summed E-state index contributed by atoms with van der Waals surface area (Å²) in [7, 11) is 0. The summed E-state index contributed by atoms with van der Waals surface area (Å²) in [6, 6.07) is 10.6. The Labute approximate surface area is 220 Å². The molecule has 1 aliphatic heterocycles. The second-order valence-corrected chi connectivity index (χ2v) is 9.52. The van der Waals surface area contributed by atoms with Crippen molar-refractivity contribution in [3.05, 3.63) is 58.0 Å². The minimum absolute atomic E-state index is 0.173. The number of hydrogen-bond acceptors (Lipinski definition) is 8. The van der Waals surface area contributed by atoms with Crippen LogP contribution < -0.4 is 14.8 Å². The summed E-state index contributed by atoms with van der Waals surface area (Å²) in [5.74, 6) is -0.794. The Morgan fingerprint density at radius 2 is 1.84 bits per heavy atom. The van der Waals surface area contributed by atoms with Crippen molar-refractivity contribution in [1.29, 1.82) is 0 Å². The minimum Gasteiger partial charge on any atom is -0.490 e. The van der Waals surface area contributed by atoms with E-state index in [2.05, 4.69) is 5.32 Å². The Morgan fingerprint density at radius 3 is 2.54 bits per heavy atom. The van der Waals surface area contributed by atoms with Gasteiger partial charge in [0.1, 0.15) is 6.54 Å². The molecule has 1 aliphatic rings. The summed E-state index contributed by atoms with van der Waals surface area (Å²) in [4.78, 5) is 50.4. The van der Waals surface area contributed by atoms with Gasteiger partial charge in [0.25, 0.3) is 17.1 Å². The van der Waals surface area contributed by atoms with Crippen molar-refractivity contribution in [3.8, 4) is 11.5 Å². The molecule has 0 bridgehead atoms. The molecule has 1 heterocycles. The zero-order chi connectivity index (χ0) is 27.1. The van der Waals surface area contributed by atoms with Crippen molar-refractivity contribution >= 4 is 46.5 Å². The molecule has 1 N–H and O–H groups in total. The Bertz CT molecular complexity index is 1240. The van der Waals surface area contributed by atoms with Crippen LogP contribution in [0.25, 0.3) is 6.08 Å². The minimum atomic E-state index is -0.653. The number of rotatable bonds is 10. The van der Waals surface area contributed by atoms with E-state index in [0.717, 1.165) is 33.5 Å². The number of anilines is 1. The van der Waals surface area contributed by atoms with Gasteiger partial charge in [-0.2, -0.15) is 0 Å². The first kappa shape index (κ1) is 27.8. The highest BCUT2D eigenvalue weighted by atomic mass is 32.2. The quantitative estimate of drug-likeness (QED) is 0.350. The molecule has 0 radical (unpaired) electrons. The van der Waals surface area contributed by atoms with Crippen molar-refractivity contribution in [3.63, 3.8) is 0 Å². The van der Waals surface area contributed by atoms with Crippen molar-refractivity contribution in [1.82, 2.24) is 4.90 Å². The zero-order valence-electron chi connectivity index (χ0n) is 21.5. The number of esters is 1. The van der Waals surface area contributed by atoms with Gasteiger partial charge in [0.2, 0.25) is 0 Å². The molecule has 1 saturated heterocycles. The first-order valence-corrected chi connectivity index (χ1v) is 12.6. The number of hydrogen-bond donors (Lipinski definition) is 1. The Balaban J connectivity index is 1.69. The Kier molecular flexibility index (Phi) is 9.35. The van der Waals surface area contributed by atoms with Crippen LogP contribution in [0.15, 0.2) is 41.3 Å². The SMILES string of the molecule is CCOc1cc(/C=C2\SC(=O)N(CC(=O)OC(C)C)C2=O)ccc1OCC(=O)Nc1cccc(C)c1C. The first-order chi connectivity index (χ1) is 17.6. The highest BCUT2D eigenvalue weighted by molar-refractivity contribution is 8.18. The van der Waals surface area contributed by atoms with E-state index in [-0.39, 0.29) is 23.5 Å². The lowest BCUT2D eigenvalue weighted by Crippen LogP contribution is -2.35. The molecule has 37 heavy (non-hydrogen) atoms. The third-order valence-electron chi connectivity index (χ3n) is 5.33. The standard InChI is InChI=1S/C27H30N2O7S/c1-6-34-22-12-19(13-23-26(32)29(27(33)37-23)14-25(31)36-16(2)3)10-11-21(22)35-15-24(30)28-20-9-7-8-17(4)18(20)5/h7-13,16H,6,14-15H2,1-5H3,(H,28,30)/b23-13-. The van der Waals surface area contributed by atoms with Crippen LogP contribution >= 0.6 is 11.8 Å².